The monoisotopic (exact) mass is 303 g/mol. The summed E-state index contributed by atoms with van der Waals surface area (Å²) < 4.78 is 0. The van der Waals surface area contributed by atoms with Gasteiger partial charge in [0.25, 0.3) is 11.8 Å². The van der Waals surface area contributed by atoms with Crippen LogP contribution in [0.2, 0.25) is 0 Å². The van der Waals surface area contributed by atoms with E-state index in [4.69, 9.17) is 0 Å². The molecule has 1 aromatic carbocycles. The van der Waals surface area contributed by atoms with Crippen molar-refractivity contribution in [2.24, 2.45) is 0 Å². The van der Waals surface area contributed by atoms with Crippen LogP contribution < -0.4 is 0 Å². The highest BCUT2D eigenvalue weighted by atomic mass is 32.2. The van der Waals surface area contributed by atoms with E-state index < -0.39 is 0 Å². The summed E-state index contributed by atoms with van der Waals surface area (Å²) in [4.78, 5) is 27.1. The minimum absolute atomic E-state index is 0.142. The number of thioether (sulfide) groups is 1. The van der Waals surface area contributed by atoms with Crippen LogP contribution in [0.15, 0.2) is 29.2 Å². The van der Waals surface area contributed by atoms with Gasteiger partial charge in [-0.2, -0.15) is 0 Å². The molecule has 1 heterocycles. The number of hydrogen-bond acceptors (Lipinski definition) is 3. The molecule has 0 radical (unpaired) electrons. The van der Waals surface area contributed by atoms with E-state index >= 15 is 0 Å². The van der Waals surface area contributed by atoms with Crippen LogP contribution >= 0.6 is 11.8 Å². The van der Waals surface area contributed by atoms with E-state index in [2.05, 4.69) is 0 Å². The van der Waals surface area contributed by atoms with Gasteiger partial charge in [-0.15, -0.1) is 11.8 Å². The third kappa shape index (κ3) is 3.21. The number of rotatable bonds is 5. The lowest BCUT2D eigenvalue weighted by Gasteiger charge is -2.13. The number of carbonyl (C=O) groups is 2. The molecule has 0 saturated carbocycles. The van der Waals surface area contributed by atoms with Crippen molar-refractivity contribution in [3.63, 3.8) is 0 Å². The summed E-state index contributed by atoms with van der Waals surface area (Å²) in [6.45, 7) is 8.52. The number of hydrogen-bond donors (Lipinski definition) is 0. The van der Waals surface area contributed by atoms with E-state index in [1.807, 2.05) is 52.0 Å². The van der Waals surface area contributed by atoms with Crippen molar-refractivity contribution in [2.45, 2.75) is 39.4 Å². The molecule has 0 aliphatic carbocycles. The molecule has 0 atom stereocenters. The molecule has 0 aromatic heterocycles. The summed E-state index contributed by atoms with van der Waals surface area (Å²) in [7, 11) is 0. The first-order valence-corrected chi connectivity index (χ1v) is 8.17. The third-order valence-electron chi connectivity index (χ3n) is 3.27. The Hall–Kier alpha value is -1.55. The van der Waals surface area contributed by atoms with Crippen LogP contribution in [-0.2, 0) is 9.59 Å². The van der Waals surface area contributed by atoms with E-state index in [-0.39, 0.29) is 17.1 Å². The van der Waals surface area contributed by atoms with Crippen molar-refractivity contribution in [3.8, 4) is 0 Å². The zero-order chi connectivity index (χ0) is 15.6. The molecule has 0 spiro atoms. The van der Waals surface area contributed by atoms with Crippen LogP contribution in [0.5, 0.6) is 0 Å². The van der Waals surface area contributed by atoms with Gasteiger partial charge in [0, 0.05) is 11.8 Å². The molecule has 4 heteroatoms. The summed E-state index contributed by atoms with van der Waals surface area (Å²) in [6, 6.07) is 7.79. The Labute approximate surface area is 130 Å². The van der Waals surface area contributed by atoms with E-state index in [1.165, 1.54) is 16.7 Å². The number of imide groups is 1. The molecule has 0 saturated heterocycles. The van der Waals surface area contributed by atoms with E-state index in [9.17, 15) is 9.59 Å². The first kappa shape index (κ1) is 15.8. The highest BCUT2D eigenvalue weighted by molar-refractivity contribution is 8.04. The van der Waals surface area contributed by atoms with Crippen LogP contribution in [0.1, 0.15) is 38.3 Å². The summed E-state index contributed by atoms with van der Waals surface area (Å²) >= 11 is 1.48. The van der Waals surface area contributed by atoms with Gasteiger partial charge in [-0.3, -0.25) is 14.5 Å². The van der Waals surface area contributed by atoms with Gasteiger partial charge in [0.2, 0.25) is 0 Å². The summed E-state index contributed by atoms with van der Waals surface area (Å²) in [5, 5.41) is 0.263. The molecule has 2 rings (SSSR count). The first-order chi connectivity index (χ1) is 9.95. The zero-order valence-corrected chi connectivity index (χ0v) is 13.8. The second kappa shape index (κ2) is 6.48. The van der Waals surface area contributed by atoms with E-state index in [1.54, 1.807) is 0 Å². The maximum atomic E-state index is 12.6. The normalized spacial score (nSPS) is 15.6. The standard InChI is InChI=1S/C17H21NO2S/c1-5-10-18-16(19)14(13-8-6-12(4)7-9-13)15(17(18)20)21-11(2)3/h6-9,11H,5,10H2,1-4H3. The van der Waals surface area contributed by atoms with Crippen molar-refractivity contribution in [1.82, 2.24) is 4.90 Å². The fourth-order valence-electron chi connectivity index (χ4n) is 2.30. The smallest absolute Gasteiger partial charge is 0.267 e. The van der Waals surface area contributed by atoms with Crippen molar-refractivity contribution < 1.29 is 9.59 Å². The molecule has 0 bridgehead atoms. The summed E-state index contributed by atoms with van der Waals surface area (Å²) in [6.07, 6.45) is 0.776. The van der Waals surface area contributed by atoms with Crippen molar-refractivity contribution in [3.05, 3.63) is 40.3 Å². The summed E-state index contributed by atoms with van der Waals surface area (Å²) in [5.41, 5.74) is 2.53. The lowest BCUT2D eigenvalue weighted by Crippen LogP contribution is -2.32. The van der Waals surface area contributed by atoms with Crippen LogP contribution in [-0.4, -0.2) is 28.5 Å². The van der Waals surface area contributed by atoms with Gasteiger partial charge in [-0.25, -0.2) is 0 Å². The molecule has 0 N–H and O–H groups in total. The minimum atomic E-state index is -0.158. The Morgan fingerprint density at radius 3 is 2.24 bits per heavy atom. The lowest BCUT2D eigenvalue weighted by atomic mass is 10.0. The highest BCUT2D eigenvalue weighted by Crippen LogP contribution is 2.37. The molecule has 1 aliphatic rings. The molecule has 1 aromatic rings. The van der Waals surface area contributed by atoms with Crippen molar-refractivity contribution >= 4 is 29.1 Å². The molecule has 112 valence electrons. The molecule has 0 unspecified atom stereocenters. The fraction of sp³-hybridized carbons (Fsp3) is 0.412. The quantitative estimate of drug-likeness (QED) is 0.780. The van der Waals surface area contributed by atoms with E-state index in [0.717, 1.165) is 17.5 Å². The van der Waals surface area contributed by atoms with Crippen molar-refractivity contribution in [1.29, 1.82) is 0 Å². The third-order valence-corrected chi connectivity index (χ3v) is 4.35. The predicted octanol–water partition coefficient (Wildman–Crippen LogP) is 3.63. The lowest BCUT2D eigenvalue weighted by molar-refractivity contribution is -0.136. The number of nitrogens with zero attached hydrogens (tertiary/aromatic N) is 1. The van der Waals surface area contributed by atoms with Gasteiger partial charge in [0.1, 0.15) is 0 Å². The Balaban J connectivity index is 2.48. The number of amides is 2. The molecule has 1 aliphatic heterocycles. The summed E-state index contributed by atoms with van der Waals surface area (Å²) in [5.74, 6) is -0.301. The van der Waals surface area contributed by atoms with Crippen LogP contribution in [0.4, 0.5) is 0 Å². The molecule has 21 heavy (non-hydrogen) atoms. The maximum absolute atomic E-state index is 12.6. The van der Waals surface area contributed by atoms with Crippen molar-refractivity contribution in [2.75, 3.05) is 6.54 Å². The molecular weight excluding hydrogens is 282 g/mol. The first-order valence-electron chi connectivity index (χ1n) is 7.29. The van der Waals surface area contributed by atoms with Gasteiger partial charge in [-0.1, -0.05) is 50.6 Å². The van der Waals surface area contributed by atoms with Gasteiger partial charge < -0.3 is 0 Å². The Kier molecular flexibility index (Phi) is 4.88. The molecular formula is C17H21NO2S. The number of carbonyl (C=O) groups excluding carboxylic acids is 2. The molecule has 0 fully saturated rings. The van der Waals surface area contributed by atoms with Gasteiger partial charge >= 0.3 is 0 Å². The Morgan fingerprint density at radius 1 is 1.10 bits per heavy atom. The maximum Gasteiger partial charge on any atom is 0.267 e. The molecule has 3 nitrogen and oxygen atoms in total. The Bertz CT molecular complexity index is 587. The second-order valence-electron chi connectivity index (χ2n) is 5.50. The highest BCUT2D eigenvalue weighted by Gasteiger charge is 2.38. The Morgan fingerprint density at radius 2 is 1.71 bits per heavy atom. The predicted molar refractivity (Wildman–Crippen MR) is 87.8 cm³/mol. The van der Waals surface area contributed by atoms with Crippen LogP contribution in [0.25, 0.3) is 5.57 Å². The second-order valence-corrected chi connectivity index (χ2v) is 7.09. The number of aryl methyl sites for hydroxylation is 1. The van der Waals surface area contributed by atoms with Crippen LogP contribution in [0, 0.1) is 6.92 Å². The van der Waals surface area contributed by atoms with E-state index in [0.29, 0.717) is 17.0 Å². The average molecular weight is 303 g/mol. The van der Waals surface area contributed by atoms with Gasteiger partial charge in [-0.05, 0) is 18.9 Å². The van der Waals surface area contributed by atoms with Gasteiger partial charge in [0.15, 0.2) is 0 Å². The average Bonchev–Trinajstić information content (AvgIpc) is 2.65. The minimum Gasteiger partial charge on any atom is -0.274 e. The van der Waals surface area contributed by atoms with Crippen LogP contribution in [0.3, 0.4) is 0 Å². The number of benzene rings is 1. The molecule has 2 amide bonds. The largest absolute Gasteiger partial charge is 0.274 e. The SMILES string of the molecule is CCCN1C(=O)C(SC(C)C)=C(c2ccc(C)cc2)C1=O. The fourth-order valence-corrected chi connectivity index (χ4v) is 3.31. The topological polar surface area (TPSA) is 37.4 Å². The van der Waals surface area contributed by atoms with Gasteiger partial charge in [0.05, 0.1) is 10.5 Å². The zero-order valence-electron chi connectivity index (χ0n) is 13.0.